The van der Waals surface area contributed by atoms with Crippen LogP contribution in [0.2, 0.25) is 0 Å². The summed E-state index contributed by atoms with van der Waals surface area (Å²) in [5, 5.41) is 3.05. The number of fused-ring (bicyclic) bond motifs is 6. The topological polar surface area (TPSA) is 79.4 Å². The second kappa shape index (κ2) is 8.85. The fourth-order valence-electron chi connectivity index (χ4n) is 6.60. The summed E-state index contributed by atoms with van der Waals surface area (Å²) in [6.45, 7) is 0. The third-order valence-electron chi connectivity index (χ3n) is 8.19. The molecule has 0 saturated carbocycles. The predicted molar refractivity (Wildman–Crippen MR) is 153 cm³/mol. The summed E-state index contributed by atoms with van der Waals surface area (Å²) in [6.07, 6.45) is 7.09. The molecule has 0 unspecified atom stereocenters. The molecule has 1 aromatic heterocycles. The number of hydrogen-bond acceptors (Lipinski definition) is 5. The third-order valence-corrected chi connectivity index (χ3v) is 8.72. The first kappa shape index (κ1) is 23.7. The van der Waals surface area contributed by atoms with Crippen molar-refractivity contribution >= 4 is 50.9 Å². The first-order valence-corrected chi connectivity index (χ1v) is 13.5. The molecule has 1 N–H and O–H groups in total. The van der Waals surface area contributed by atoms with E-state index in [-0.39, 0.29) is 17.5 Å². The highest BCUT2D eigenvalue weighted by molar-refractivity contribution is 9.10. The van der Waals surface area contributed by atoms with E-state index in [4.69, 9.17) is 0 Å². The third kappa shape index (κ3) is 3.32. The van der Waals surface area contributed by atoms with Gasteiger partial charge in [0, 0.05) is 39.4 Å². The van der Waals surface area contributed by atoms with Crippen LogP contribution in [0.25, 0.3) is 6.08 Å². The molecule has 3 aliphatic heterocycles. The van der Waals surface area contributed by atoms with Crippen LogP contribution in [0.4, 0.5) is 11.4 Å². The molecule has 1 spiro atoms. The molecule has 1 amide bonds. The van der Waals surface area contributed by atoms with Crippen LogP contribution in [0.15, 0.2) is 108 Å². The average molecular weight is 576 g/mol. The van der Waals surface area contributed by atoms with E-state index in [2.05, 4.69) is 26.2 Å². The second-order valence-electron chi connectivity index (χ2n) is 10.0. The number of aromatic nitrogens is 1. The highest BCUT2D eigenvalue weighted by Gasteiger charge is 2.70. The second-order valence-corrected chi connectivity index (χ2v) is 10.9. The summed E-state index contributed by atoms with van der Waals surface area (Å²) in [7, 11) is 0. The Kier molecular flexibility index (Phi) is 5.39. The molecule has 6 nitrogen and oxygen atoms in total. The maximum atomic E-state index is 14.6. The molecule has 1 saturated heterocycles. The van der Waals surface area contributed by atoms with Crippen molar-refractivity contribution in [2.45, 2.75) is 17.5 Å². The van der Waals surface area contributed by atoms with Gasteiger partial charge in [0.25, 0.3) is 0 Å². The van der Waals surface area contributed by atoms with Gasteiger partial charge in [0.1, 0.15) is 11.5 Å². The Labute approximate surface area is 233 Å². The molecule has 39 heavy (non-hydrogen) atoms. The number of anilines is 2. The van der Waals surface area contributed by atoms with E-state index in [0.29, 0.717) is 16.8 Å². The van der Waals surface area contributed by atoms with Crippen LogP contribution in [0.5, 0.6) is 0 Å². The molecular formula is C32H22BrN3O3. The van der Waals surface area contributed by atoms with Crippen molar-refractivity contribution in [2.75, 3.05) is 10.2 Å². The zero-order chi connectivity index (χ0) is 26.7. The highest BCUT2D eigenvalue weighted by Crippen LogP contribution is 2.58. The van der Waals surface area contributed by atoms with Crippen molar-refractivity contribution in [2.24, 2.45) is 5.92 Å². The van der Waals surface area contributed by atoms with E-state index < -0.39 is 23.4 Å². The number of Topliss-reactive ketones (excluding diaryl/α,β-unsaturated/α-hetero) is 2. The summed E-state index contributed by atoms with van der Waals surface area (Å²) >= 11 is 3.45. The minimum Gasteiger partial charge on any atom is -0.352 e. The molecule has 3 aliphatic rings. The van der Waals surface area contributed by atoms with E-state index in [9.17, 15) is 14.4 Å². The van der Waals surface area contributed by atoms with Crippen molar-refractivity contribution in [1.29, 1.82) is 0 Å². The van der Waals surface area contributed by atoms with Gasteiger partial charge in [-0.2, -0.15) is 0 Å². The number of nitrogens with one attached hydrogen (secondary N) is 1. The SMILES string of the molecule is O=C(c1ccncc1)[C@@H]1[C@H](C(=O)c2ccc(Br)cc2)N2c3ccccc3C=C[C@@H]2[C@@]12C(=O)Nc1ccccc12. The molecule has 4 heterocycles. The predicted octanol–water partition coefficient (Wildman–Crippen LogP) is 5.70. The van der Waals surface area contributed by atoms with Crippen molar-refractivity contribution in [3.63, 3.8) is 0 Å². The lowest BCUT2D eigenvalue weighted by molar-refractivity contribution is -0.121. The van der Waals surface area contributed by atoms with Gasteiger partial charge in [-0.1, -0.05) is 76.6 Å². The number of carbonyl (C=O) groups excluding carboxylic acids is 3. The van der Waals surface area contributed by atoms with Crippen molar-refractivity contribution in [3.05, 3.63) is 130 Å². The molecule has 1 fully saturated rings. The van der Waals surface area contributed by atoms with Gasteiger partial charge in [-0.3, -0.25) is 19.4 Å². The number of ketones is 2. The number of nitrogens with zero attached hydrogens (tertiary/aromatic N) is 2. The summed E-state index contributed by atoms with van der Waals surface area (Å²) in [4.78, 5) is 49.5. The van der Waals surface area contributed by atoms with Gasteiger partial charge >= 0.3 is 0 Å². The Bertz CT molecular complexity index is 1680. The molecule has 0 aliphatic carbocycles. The first-order valence-electron chi connectivity index (χ1n) is 12.7. The number of rotatable bonds is 4. The quantitative estimate of drug-likeness (QED) is 0.316. The molecule has 7 rings (SSSR count). The number of pyridine rings is 1. The molecule has 4 aromatic rings. The van der Waals surface area contributed by atoms with Crippen molar-refractivity contribution in [3.8, 4) is 0 Å². The van der Waals surface area contributed by atoms with E-state index in [0.717, 1.165) is 21.3 Å². The largest absolute Gasteiger partial charge is 0.352 e. The Morgan fingerprint density at radius 1 is 0.846 bits per heavy atom. The molecule has 0 bridgehead atoms. The summed E-state index contributed by atoms with van der Waals surface area (Å²) in [6, 6.07) is 24.3. The van der Waals surface area contributed by atoms with Gasteiger partial charge < -0.3 is 10.2 Å². The minimum absolute atomic E-state index is 0.209. The lowest BCUT2D eigenvalue weighted by atomic mass is 9.64. The van der Waals surface area contributed by atoms with Crippen LogP contribution in [0.3, 0.4) is 0 Å². The van der Waals surface area contributed by atoms with Crippen LogP contribution in [0.1, 0.15) is 31.8 Å². The Morgan fingerprint density at radius 3 is 2.33 bits per heavy atom. The summed E-state index contributed by atoms with van der Waals surface area (Å²) in [5.41, 5.74) is 2.72. The maximum absolute atomic E-state index is 14.6. The number of benzene rings is 3. The molecule has 0 radical (unpaired) electrons. The fourth-order valence-corrected chi connectivity index (χ4v) is 6.86. The van der Waals surface area contributed by atoms with Gasteiger partial charge in [-0.05, 0) is 47.5 Å². The number of para-hydroxylation sites is 2. The zero-order valence-electron chi connectivity index (χ0n) is 20.6. The van der Waals surface area contributed by atoms with Gasteiger partial charge in [-0.25, -0.2) is 0 Å². The monoisotopic (exact) mass is 575 g/mol. The smallest absolute Gasteiger partial charge is 0.238 e. The van der Waals surface area contributed by atoms with Gasteiger partial charge in [0.05, 0.1) is 12.0 Å². The Hall–Kier alpha value is -4.36. The van der Waals surface area contributed by atoms with Crippen LogP contribution in [-0.2, 0) is 10.2 Å². The number of halogens is 1. The number of carbonyl (C=O) groups is 3. The molecule has 7 heteroatoms. The lowest BCUT2D eigenvalue weighted by Crippen LogP contribution is -2.51. The Balaban J connectivity index is 1.54. The minimum atomic E-state index is -1.32. The standard InChI is InChI=1S/C32H22BrN3O3/c33-22-12-9-20(10-13-22)30(38)28-27(29(37)21-15-17-34-18-16-21)32(23-6-2-3-7-24(23)35-31(32)39)26-14-11-19-5-1-4-8-25(19)36(26)28/h1-18,26-28H,(H,35,39)/t26-,27+,28-,32-/m1/s1. The summed E-state index contributed by atoms with van der Waals surface area (Å²) in [5.74, 6) is -1.75. The first-order chi connectivity index (χ1) is 19.0. The fraction of sp³-hybridized carbons (Fsp3) is 0.125. The molecule has 4 atom stereocenters. The van der Waals surface area contributed by atoms with Crippen LogP contribution < -0.4 is 10.2 Å². The zero-order valence-corrected chi connectivity index (χ0v) is 22.2. The lowest BCUT2D eigenvalue weighted by Gasteiger charge is -2.37. The van der Waals surface area contributed by atoms with E-state index in [1.807, 2.05) is 77.7 Å². The number of amides is 1. The van der Waals surface area contributed by atoms with Crippen LogP contribution >= 0.6 is 15.9 Å². The van der Waals surface area contributed by atoms with Crippen molar-refractivity contribution in [1.82, 2.24) is 4.98 Å². The van der Waals surface area contributed by atoms with Crippen LogP contribution in [-0.4, -0.2) is 34.5 Å². The highest BCUT2D eigenvalue weighted by atomic mass is 79.9. The maximum Gasteiger partial charge on any atom is 0.238 e. The molecular weight excluding hydrogens is 554 g/mol. The molecule has 190 valence electrons. The van der Waals surface area contributed by atoms with Crippen LogP contribution in [0, 0.1) is 5.92 Å². The van der Waals surface area contributed by atoms with E-state index >= 15 is 0 Å². The summed E-state index contributed by atoms with van der Waals surface area (Å²) < 4.78 is 0.847. The Morgan fingerprint density at radius 2 is 1.54 bits per heavy atom. The van der Waals surface area contributed by atoms with E-state index in [1.165, 1.54) is 0 Å². The molecule has 3 aromatic carbocycles. The van der Waals surface area contributed by atoms with Crippen molar-refractivity contribution < 1.29 is 14.4 Å². The average Bonchev–Trinajstić information content (AvgIpc) is 3.45. The number of hydrogen-bond donors (Lipinski definition) is 1. The van der Waals surface area contributed by atoms with E-state index in [1.54, 1.807) is 36.7 Å². The van der Waals surface area contributed by atoms with Gasteiger partial charge in [0.15, 0.2) is 11.6 Å². The normalized spacial score (nSPS) is 24.2. The van der Waals surface area contributed by atoms with Gasteiger partial charge in [-0.15, -0.1) is 0 Å². The van der Waals surface area contributed by atoms with Gasteiger partial charge in [0.2, 0.25) is 5.91 Å².